The van der Waals surface area contributed by atoms with Crippen LogP contribution in [-0.2, 0) is 6.54 Å². The van der Waals surface area contributed by atoms with Crippen molar-refractivity contribution in [3.63, 3.8) is 0 Å². The second-order valence-corrected chi connectivity index (χ2v) is 8.64. The SMILES string of the molecule is c1cc2cc(-c3c[nH]c4ncc(-c5ccc(CN6CCCCC6)cc5)cc34)ccc2[nH]1. The standard InChI is InChI=1S/C27H26N4/c1-2-12-31(13-3-1)18-19-4-6-20(7-5-19)23-15-24-25(17-30-27(24)29-16-23)21-8-9-26-22(14-21)10-11-28-26/h4-11,14-17,28H,1-3,12-13,18H2,(H,29,30). The number of H-pyrrole nitrogens is 2. The molecule has 0 saturated carbocycles. The normalized spacial score (nSPS) is 15.1. The number of piperidine rings is 1. The van der Waals surface area contributed by atoms with E-state index >= 15 is 0 Å². The maximum atomic E-state index is 4.70. The predicted molar refractivity (Wildman–Crippen MR) is 128 cm³/mol. The average molecular weight is 407 g/mol. The molecular formula is C27H26N4. The molecule has 0 unspecified atom stereocenters. The van der Waals surface area contributed by atoms with Gasteiger partial charge in [-0.15, -0.1) is 0 Å². The van der Waals surface area contributed by atoms with Gasteiger partial charge in [0.2, 0.25) is 0 Å². The molecule has 0 bridgehead atoms. The smallest absolute Gasteiger partial charge is 0.137 e. The van der Waals surface area contributed by atoms with Gasteiger partial charge in [-0.3, -0.25) is 4.90 Å². The van der Waals surface area contributed by atoms with Crippen molar-refractivity contribution in [1.82, 2.24) is 19.9 Å². The number of nitrogens with one attached hydrogen (secondary N) is 2. The van der Waals surface area contributed by atoms with E-state index in [9.17, 15) is 0 Å². The van der Waals surface area contributed by atoms with Gasteiger partial charge >= 0.3 is 0 Å². The molecule has 0 aliphatic carbocycles. The molecule has 1 saturated heterocycles. The Bertz CT molecular complexity index is 1340. The number of nitrogens with zero attached hydrogens (tertiary/aromatic N) is 2. The van der Waals surface area contributed by atoms with Crippen LogP contribution in [0.3, 0.4) is 0 Å². The fourth-order valence-corrected chi connectivity index (χ4v) is 4.80. The van der Waals surface area contributed by atoms with Gasteiger partial charge in [-0.1, -0.05) is 36.8 Å². The zero-order valence-corrected chi connectivity index (χ0v) is 17.6. The number of aromatic amines is 2. The zero-order valence-electron chi connectivity index (χ0n) is 17.6. The summed E-state index contributed by atoms with van der Waals surface area (Å²) in [6, 6.07) is 19.9. The highest BCUT2D eigenvalue weighted by atomic mass is 15.1. The number of hydrogen-bond donors (Lipinski definition) is 2. The monoisotopic (exact) mass is 406 g/mol. The van der Waals surface area contributed by atoms with Crippen LogP contribution in [0.1, 0.15) is 24.8 Å². The molecule has 4 nitrogen and oxygen atoms in total. The summed E-state index contributed by atoms with van der Waals surface area (Å²) in [6.07, 6.45) is 10.1. The molecule has 2 aromatic carbocycles. The molecule has 0 atom stereocenters. The molecule has 4 heterocycles. The molecule has 0 radical (unpaired) electrons. The van der Waals surface area contributed by atoms with Gasteiger partial charge in [-0.25, -0.2) is 4.98 Å². The fraction of sp³-hybridized carbons (Fsp3) is 0.222. The number of fused-ring (bicyclic) bond motifs is 2. The van der Waals surface area contributed by atoms with Gasteiger partial charge in [-0.2, -0.15) is 0 Å². The summed E-state index contributed by atoms with van der Waals surface area (Å²) in [7, 11) is 0. The Balaban J connectivity index is 1.31. The zero-order chi connectivity index (χ0) is 20.6. The predicted octanol–water partition coefficient (Wildman–Crippen LogP) is 6.36. The molecule has 1 aliphatic rings. The first kappa shape index (κ1) is 18.4. The van der Waals surface area contributed by atoms with E-state index in [1.54, 1.807) is 0 Å². The van der Waals surface area contributed by atoms with Crippen molar-refractivity contribution in [3.8, 4) is 22.3 Å². The molecule has 5 aromatic rings. The number of rotatable bonds is 4. The summed E-state index contributed by atoms with van der Waals surface area (Å²) in [6.45, 7) is 3.52. The van der Waals surface area contributed by atoms with Gasteiger partial charge in [0.1, 0.15) is 5.65 Å². The molecule has 3 aromatic heterocycles. The van der Waals surface area contributed by atoms with Crippen LogP contribution in [0.5, 0.6) is 0 Å². The summed E-state index contributed by atoms with van der Waals surface area (Å²) in [5, 5.41) is 2.38. The highest BCUT2D eigenvalue weighted by Crippen LogP contribution is 2.32. The van der Waals surface area contributed by atoms with Crippen LogP contribution in [0.25, 0.3) is 44.2 Å². The lowest BCUT2D eigenvalue weighted by Crippen LogP contribution is -2.28. The fourth-order valence-electron chi connectivity index (χ4n) is 4.80. The van der Waals surface area contributed by atoms with Crippen LogP contribution >= 0.6 is 0 Å². The lowest BCUT2D eigenvalue weighted by Gasteiger charge is -2.26. The Morgan fingerprint density at radius 2 is 1.65 bits per heavy atom. The summed E-state index contributed by atoms with van der Waals surface area (Å²) < 4.78 is 0. The minimum atomic E-state index is 0.926. The maximum absolute atomic E-state index is 4.70. The Kier molecular flexibility index (Phi) is 4.58. The largest absolute Gasteiger partial charge is 0.361 e. The van der Waals surface area contributed by atoms with Gasteiger partial charge < -0.3 is 9.97 Å². The Hall–Kier alpha value is -3.37. The van der Waals surface area contributed by atoms with Gasteiger partial charge in [-0.05, 0) is 72.3 Å². The van der Waals surface area contributed by atoms with E-state index in [0.717, 1.165) is 28.7 Å². The molecule has 1 aliphatic heterocycles. The van der Waals surface area contributed by atoms with E-state index in [-0.39, 0.29) is 0 Å². The molecular weight excluding hydrogens is 380 g/mol. The van der Waals surface area contributed by atoms with Crippen LogP contribution in [0.4, 0.5) is 0 Å². The number of aromatic nitrogens is 3. The topological polar surface area (TPSA) is 47.7 Å². The van der Waals surface area contributed by atoms with E-state index in [4.69, 9.17) is 4.98 Å². The van der Waals surface area contributed by atoms with E-state index in [0.29, 0.717) is 0 Å². The van der Waals surface area contributed by atoms with Gasteiger partial charge in [0.05, 0.1) is 0 Å². The Morgan fingerprint density at radius 3 is 2.52 bits per heavy atom. The van der Waals surface area contributed by atoms with E-state index in [1.807, 2.05) is 12.4 Å². The first-order chi connectivity index (χ1) is 15.3. The summed E-state index contributed by atoms with van der Waals surface area (Å²) in [5.41, 5.74) is 8.23. The number of likely N-dealkylation sites (tertiary alicyclic amines) is 1. The van der Waals surface area contributed by atoms with Crippen LogP contribution in [-0.4, -0.2) is 32.9 Å². The molecule has 2 N–H and O–H groups in total. The maximum Gasteiger partial charge on any atom is 0.137 e. The second-order valence-electron chi connectivity index (χ2n) is 8.64. The third kappa shape index (κ3) is 3.53. The third-order valence-corrected chi connectivity index (χ3v) is 6.54. The average Bonchev–Trinajstić information content (AvgIpc) is 3.46. The van der Waals surface area contributed by atoms with Crippen LogP contribution in [0, 0.1) is 0 Å². The van der Waals surface area contributed by atoms with Crippen molar-refractivity contribution in [2.24, 2.45) is 0 Å². The first-order valence-electron chi connectivity index (χ1n) is 11.2. The molecule has 31 heavy (non-hydrogen) atoms. The van der Waals surface area contributed by atoms with Gasteiger partial charge in [0.15, 0.2) is 0 Å². The molecule has 6 rings (SSSR count). The molecule has 4 heteroatoms. The number of hydrogen-bond acceptors (Lipinski definition) is 2. The van der Waals surface area contributed by atoms with Crippen molar-refractivity contribution >= 4 is 21.9 Å². The number of pyridine rings is 1. The molecule has 1 fully saturated rings. The van der Waals surface area contributed by atoms with Crippen LogP contribution < -0.4 is 0 Å². The van der Waals surface area contributed by atoms with Crippen LogP contribution in [0.2, 0.25) is 0 Å². The van der Waals surface area contributed by atoms with Gasteiger partial charge in [0, 0.05) is 47.2 Å². The Labute approximate surface area is 181 Å². The summed E-state index contributed by atoms with van der Waals surface area (Å²) >= 11 is 0. The molecule has 0 amide bonds. The quantitative estimate of drug-likeness (QED) is 0.365. The number of benzene rings is 2. The highest BCUT2D eigenvalue weighted by Gasteiger charge is 2.12. The summed E-state index contributed by atoms with van der Waals surface area (Å²) in [4.78, 5) is 13.9. The Morgan fingerprint density at radius 1 is 0.806 bits per heavy atom. The molecule has 154 valence electrons. The second kappa shape index (κ2) is 7.71. The van der Waals surface area contributed by atoms with Crippen LogP contribution in [0.15, 0.2) is 73.2 Å². The van der Waals surface area contributed by atoms with Gasteiger partial charge in [0.25, 0.3) is 0 Å². The molecule has 0 spiro atoms. The minimum Gasteiger partial charge on any atom is -0.361 e. The van der Waals surface area contributed by atoms with Crippen molar-refractivity contribution in [2.45, 2.75) is 25.8 Å². The van der Waals surface area contributed by atoms with Crippen molar-refractivity contribution in [1.29, 1.82) is 0 Å². The lowest BCUT2D eigenvalue weighted by atomic mass is 10.0. The summed E-state index contributed by atoms with van der Waals surface area (Å²) in [5.74, 6) is 0. The minimum absolute atomic E-state index is 0.926. The lowest BCUT2D eigenvalue weighted by molar-refractivity contribution is 0.221. The van der Waals surface area contributed by atoms with E-state index in [2.05, 4.69) is 75.7 Å². The van der Waals surface area contributed by atoms with E-state index < -0.39 is 0 Å². The highest BCUT2D eigenvalue weighted by molar-refractivity contribution is 5.98. The van der Waals surface area contributed by atoms with Crippen molar-refractivity contribution < 1.29 is 0 Å². The van der Waals surface area contributed by atoms with Crippen molar-refractivity contribution in [3.05, 3.63) is 78.8 Å². The third-order valence-electron chi connectivity index (χ3n) is 6.54. The van der Waals surface area contributed by atoms with E-state index in [1.165, 1.54) is 60.0 Å². The van der Waals surface area contributed by atoms with Crippen molar-refractivity contribution in [2.75, 3.05) is 13.1 Å². The first-order valence-corrected chi connectivity index (χ1v) is 11.2.